The van der Waals surface area contributed by atoms with Gasteiger partial charge in [0.1, 0.15) is 11.4 Å². The zero-order chi connectivity index (χ0) is 21.2. The molecule has 0 bridgehead atoms. The van der Waals surface area contributed by atoms with E-state index in [0.29, 0.717) is 49.8 Å². The molecule has 1 saturated heterocycles. The van der Waals surface area contributed by atoms with Gasteiger partial charge in [0.2, 0.25) is 5.28 Å². The summed E-state index contributed by atoms with van der Waals surface area (Å²) in [7, 11) is 3.35. The van der Waals surface area contributed by atoms with Crippen LogP contribution in [0.15, 0.2) is 23.1 Å². The quantitative estimate of drug-likeness (QED) is 0.392. The number of rotatable bonds is 2. The number of nitrogens with zero attached hydrogens (tertiary/aromatic N) is 5. The fourth-order valence-corrected chi connectivity index (χ4v) is 4.83. The molecule has 1 aliphatic rings. The van der Waals surface area contributed by atoms with E-state index in [-0.39, 0.29) is 17.1 Å². The molecule has 1 aromatic carbocycles. The monoisotopic (exact) mass is 465 g/mol. The lowest BCUT2D eigenvalue weighted by Crippen LogP contribution is -2.21. The number of aromatic nitrogens is 5. The topological polar surface area (TPSA) is 66.9 Å². The molecule has 1 atom stereocenters. The zero-order valence-corrected chi connectivity index (χ0v) is 18.6. The van der Waals surface area contributed by atoms with Crippen LogP contribution < -0.4 is 5.56 Å². The highest BCUT2D eigenvalue weighted by molar-refractivity contribution is 6.43. The number of ether oxygens (including phenoxy) is 1. The maximum Gasteiger partial charge on any atom is 0.264 e. The van der Waals surface area contributed by atoms with Crippen LogP contribution in [0.4, 0.5) is 0 Å². The molecule has 0 saturated carbocycles. The fourth-order valence-electron chi connectivity index (χ4n) is 4.04. The Bertz CT molecular complexity index is 1370. The van der Waals surface area contributed by atoms with E-state index in [1.807, 2.05) is 22.9 Å². The minimum atomic E-state index is -0.247. The number of benzene rings is 1. The van der Waals surface area contributed by atoms with Crippen molar-refractivity contribution in [2.45, 2.75) is 25.5 Å². The number of fused-ring (bicyclic) bond motifs is 2. The molecule has 30 heavy (non-hydrogen) atoms. The van der Waals surface area contributed by atoms with E-state index in [9.17, 15) is 4.79 Å². The summed E-state index contributed by atoms with van der Waals surface area (Å²) in [5.41, 5.74) is 2.27. The minimum Gasteiger partial charge on any atom is -0.358 e. The number of hydrogen-bond acceptors (Lipinski definition) is 4. The summed E-state index contributed by atoms with van der Waals surface area (Å²) in [6, 6.07) is 3.69. The summed E-state index contributed by atoms with van der Waals surface area (Å²) >= 11 is 19.4. The molecule has 4 aromatic rings. The van der Waals surface area contributed by atoms with Crippen molar-refractivity contribution in [1.82, 2.24) is 23.9 Å². The van der Waals surface area contributed by atoms with Gasteiger partial charge < -0.3 is 9.30 Å². The van der Waals surface area contributed by atoms with E-state index in [1.54, 1.807) is 18.8 Å². The third kappa shape index (κ3) is 2.87. The van der Waals surface area contributed by atoms with Crippen molar-refractivity contribution in [1.29, 1.82) is 0 Å². The highest BCUT2D eigenvalue weighted by Gasteiger charge is 2.26. The molecule has 4 heterocycles. The van der Waals surface area contributed by atoms with Crippen LogP contribution in [0.1, 0.15) is 25.5 Å². The van der Waals surface area contributed by atoms with Crippen molar-refractivity contribution in [2.75, 3.05) is 6.61 Å². The Morgan fingerprint density at radius 2 is 1.90 bits per heavy atom. The van der Waals surface area contributed by atoms with Crippen LogP contribution in [-0.4, -0.2) is 30.5 Å². The minimum absolute atomic E-state index is 0.117. The molecule has 1 aliphatic heterocycles. The number of halogens is 3. The summed E-state index contributed by atoms with van der Waals surface area (Å²) in [6.45, 7) is 0.663. The molecule has 10 heteroatoms. The first-order valence-electron chi connectivity index (χ1n) is 9.58. The lowest BCUT2D eigenvalue weighted by atomic mass is 10.0. The van der Waals surface area contributed by atoms with Crippen LogP contribution in [0.2, 0.25) is 15.5 Å². The number of hydrogen-bond donors (Lipinski definition) is 0. The summed E-state index contributed by atoms with van der Waals surface area (Å²) in [5.74, 6) is 0. The SMILES string of the molecule is Cn1nc2ccc(-c3cn(C4CCCCO4)c4nc(Cl)n(C)c(=O)c34)c(Cl)c2c1Cl. The van der Waals surface area contributed by atoms with Gasteiger partial charge in [0.25, 0.3) is 5.56 Å². The van der Waals surface area contributed by atoms with Gasteiger partial charge in [0.15, 0.2) is 5.65 Å². The van der Waals surface area contributed by atoms with E-state index < -0.39 is 0 Å². The third-order valence-electron chi connectivity index (χ3n) is 5.62. The molecule has 7 nitrogen and oxygen atoms in total. The molecule has 3 aromatic heterocycles. The van der Waals surface area contributed by atoms with Gasteiger partial charge in [0, 0.05) is 38.0 Å². The van der Waals surface area contributed by atoms with Gasteiger partial charge in [-0.25, -0.2) is 4.98 Å². The number of aryl methyl sites for hydroxylation is 1. The predicted octanol–water partition coefficient (Wildman–Crippen LogP) is 4.95. The van der Waals surface area contributed by atoms with Crippen LogP contribution in [0.5, 0.6) is 0 Å². The molecular formula is C20H18Cl3N5O2. The van der Waals surface area contributed by atoms with Crippen molar-refractivity contribution in [3.63, 3.8) is 0 Å². The molecule has 0 aliphatic carbocycles. The van der Waals surface area contributed by atoms with Gasteiger partial charge in [-0.05, 0) is 36.9 Å². The van der Waals surface area contributed by atoms with Crippen molar-refractivity contribution in [3.8, 4) is 11.1 Å². The second-order valence-electron chi connectivity index (χ2n) is 7.45. The normalized spacial score (nSPS) is 17.3. The molecular weight excluding hydrogens is 449 g/mol. The third-order valence-corrected chi connectivity index (χ3v) is 6.79. The van der Waals surface area contributed by atoms with E-state index in [0.717, 1.165) is 19.3 Å². The average Bonchev–Trinajstić information content (AvgIpc) is 3.25. The van der Waals surface area contributed by atoms with Crippen molar-refractivity contribution >= 4 is 56.7 Å². The Hall–Kier alpha value is -2.06. The van der Waals surface area contributed by atoms with E-state index in [4.69, 9.17) is 39.5 Å². The molecule has 0 radical (unpaired) electrons. The molecule has 0 amide bonds. The second-order valence-corrected chi connectivity index (χ2v) is 8.52. The lowest BCUT2D eigenvalue weighted by molar-refractivity contribution is -0.0294. The van der Waals surface area contributed by atoms with Crippen LogP contribution in [-0.2, 0) is 18.8 Å². The second kappa shape index (κ2) is 7.27. The van der Waals surface area contributed by atoms with Gasteiger partial charge in [-0.1, -0.05) is 29.3 Å². The molecule has 0 N–H and O–H groups in total. The first kappa shape index (κ1) is 19.9. The van der Waals surface area contributed by atoms with Gasteiger partial charge in [0.05, 0.1) is 21.3 Å². The smallest absolute Gasteiger partial charge is 0.264 e. The summed E-state index contributed by atoms with van der Waals surface area (Å²) < 4.78 is 10.7. The van der Waals surface area contributed by atoms with Gasteiger partial charge in [-0.3, -0.25) is 14.0 Å². The van der Waals surface area contributed by atoms with Crippen LogP contribution in [0.3, 0.4) is 0 Å². The summed E-state index contributed by atoms with van der Waals surface area (Å²) in [4.78, 5) is 17.7. The molecule has 156 valence electrons. The Morgan fingerprint density at radius 3 is 2.63 bits per heavy atom. The van der Waals surface area contributed by atoms with Gasteiger partial charge in [-0.15, -0.1) is 0 Å². The molecule has 5 rings (SSSR count). The molecule has 1 unspecified atom stereocenters. The fraction of sp³-hybridized carbons (Fsp3) is 0.350. The Morgan fingerprint density at radius 1 is 1.10 bits per heavy atom. The van der Waals surface area contributed by atoms with Crippen LogP contribution >= 0.6 is 34.8 Å². The van der Waals surface area contributed by atoms with E-state index >= 15 is 0 Å². The summed E-state index contributed by atoms with van der Waals surface area (Å²) in [6.07, 6.45) is 4.55. The highest BCUT2D eigenvalue weighted by Crippen LogP contribution is 2.41. The van der Waals surface area contributed by atoms with Crippen LogP contribution in [0.25, 0.3) is 33.1 Å². The molecule has 1 fully saturated rings. The maximum atomic E-state index is 13.2. The summed E-state index contributed by atoms with van der Waals surface area (Å²) in [5, 5.41) is 6.45. The first-order valence-corrected chi connectivity index (χ1v) is 10.7. The Labute approximate surface area is 186 Å². The molecule has 0 spiro atoms. The predicted molar refractivity (Wildman–Crippen MR) is 119 cm³/mol. The van der Waals surface area contributed by atoms with E-state index in [1.165, 1.54) is 4.57 Å². The van der Waals surface area contributed by atoms with Gasteiger partial charge >= 0.3 is 0 Å². The maximum absolute atomic E-state index is 13.2. The Balaban J connectivity index is 1.84. The van der Waals surface area contributed by atoms with Gasteiger partial charge in [-0.2, -0.15) is 5.10 Å². The largest absolute Gasteiger partial charge is 0.358 e. The van der Waals surface area contributed by atoms with Crippen LogP contribution in [0, 0.1) is 0 Å². The standard InChI is InChI=1S/C20H18Cl3N5O2/c1-26-19(29)14-11(10-6-7-12-15(16(10)21)17(22)27(2)25-12)9-28(18(14)24-20(26)23)13-5-3-4-8-30-13/h6-7,9,13H,3-5,8H2,1-2H3. The van der Waals surface area contributed by atoms with Crippen molar-refractivity contribution in [2.24, 2.45) is 14.1 Å². The lowest BCUT2D eigenvalue weighted by Gasteiger charge is -2.24. The first-order chi connectivity index (χ1) is 14.4. The average molecular weight is 467 g/mol. The zero-order valence-electron chi connectivity index (χ0n) is 16.3. The van der Waals surface area contributed by atoms with Crippen molar-refractivity contribution in [3.05, 3.63) is 44.1 Å². The highest BCUT2D eigenvalue weighted by atomic mass is 35.5. The van der Waals surface area contributed by atoms with E-state index in [2.05, 4.69) is 10.1 Å². The van der Waals surface area contributed by atoms with Crippen molar-refractivity contribution < 1.29 is 4.74 Å². The Kier molecular flexibility index (Phi) is 4.82.